The molecule has 584 valence electrons. The molecule has 0 aromatic carbocycles. The summed E-state index contributed by atoms with van der Waals surface area (Å²) in [6.45, 7) is 10.1. The van der Waals surface area contributed by atoms with Crippen LogP contribution in [0.3, 0.4) is 0 Å². The molecule has 6 aliphatic heterocycles. The van der Waals surface area contributed by atoms with Crippen molar-refractivity contribution in [1.82, 2.24) is 0 Å². The van der Waals surface area contributed by atoms with Crippen LogP contribution in [0.25, 0.3) is 0 Å². The van der Waals surface area contributed by atoms with Gasteiger partial charge in [0.1, 0.15) is 146 Å². The van der Waals surface area contributed by atoms with Crippen molar-refractivity contribution in [2.24, 2.45) is 45.3 Å². The second kappa shape index (κ2) is 31.6. The molecule has 35 heteroatoms. The number of allylic oxidation sites excluding steroid dienone is 1. The van der Waals surface area contributed by atoms with Gasteiger partial charge in [-0.25, -0.2) is 0 Å². The van der Waals surface area contributed by atoms with Gasteiger partial charge < -0.3 is 169 Å². The molecule has 35 nitrogen and oxygen atoms in total. The van der Waals surface area contributed by atoms with Gasteiger partial charge in [-0.1, -0.05) is 47.1 Å². The summed E-state index contributed by atoms with van der Waals surface area (Å²) in [6, 6.07) is 0. The summed E-state index contributed by atoms with van der Waals surface area (Å²) in [5.74, 6) is -1.63. The zero-order valence-corrected chi connectivity index (χ0v) is 57.8. The molecule has 6 heterocycles. The molecule has 0 amide bonds. The molecule has 101 heavy (non-hydrogen) atoms. The number of rotatable bonds is 23. The average Bonchev–Trinajstić information content (AvgIpc) is 1.56. The summed E-state index contributed by atoms with van der Waals surface area (Å²) in [7, 11) is 0. The summed E-state index contributed by atoms with van der Waals surface area (Å²) in [5.41, 5.74) is -4.45. The van der Waals surface area contributed by atoms with Crippen LogP contribution in [0.4, 0.5) is 0 Å². The Morgan fingerprint density at radius 2 is 0.871 bits per heavy atom. The number of ketones is 1. The lowest BCUT2D eigenvalue weighted by molar-refractivity contribution is -0.399. The zero-order valence-electron chi connectivity index (χ0n) is 57.8. The first kappa shape index (κ1) is 81.6. The molecule has 0 aromatic heterocycles. The third kappa shape index (κ3) is 14.9. The van der Waals surface area contributed by atoms with Crippen molar-refractivity contribution < 1.29 is 174 Å². The Kier molecular flexibility index (Phi) is 25.5. The molecule has 10 aliphatic rings. The highest BCUT2D eigenvalue weighted by Gasteiger charge is 2.73. The number of carbonyl (C=O) groups excluding carboxylic acids is 1. The number of fused-ring (bicyclic) bond motifs is 5. The van der Waals surface area contributed by atoms with Gasteiger partial charge in [0.05, 0.1) is 63.6 Å². The second-order valence-corrected chi connectivity index (χ2v) is 31.5. The Hall–Kier alpha value is -1.95. The van der Waals surface area contributed by atoms with E-state index in [1.807, 2.05) is 27.7 Å². The summed E-state index contributed by atoms with van der Waals surface area (Å²) in [4.78, 5) is 15.3. The van der Waals surface area contributed by atoms with Crippen LogP contribution in [-0.4, -0.2) is 366 Å². The summed E-state index contributed by atoms with van der Waals surface area (Å²) >= 11 is 0. The van der Waals surface area contributed by atoms with Gasteiger partial charge in [0.25, 0.3) is 0 Å². The zero-order chi connectivity index (χ0) is 74.4. The van der Waals surface area contributed by atoms with E-state index < -0.39 is 275 Å². The molecule has 0 aromatic rings. The van der Waals surface area contributed by atoms with E-state index in [0.29, 0.717) is 37.7 Å². The fourth-order valence-electron chi connectivity index (χ4n) is 18.3. The minimum Gasteiger partial charge on any atom is -0.394 e. The Morgan fingerprint density at radius 3 is 1.36 bits per heavy atom. The van der Waals surface area contributed by atoms with Gasteiger partial charge in [-0.3, -0.25) is 4.79 Å². The first-order chi connectivity index (χ1) is 47.3. The lowest BCUT2D eigenvalue weighted by Gasteiger charge is -2.66. The Bertz CT molecular complexity index is 2760. The van der Waals surface area contributed by atoms with Crippen molar-refractivity contribution in [3.8, 4) is 0 Å². The van der Waals surface area contributed by atoms with Crippen molar-refractivity contribution in [2.75, 3.05) is 39.6 Å². The SMILES string of the molecule is C[C@H](CC[C@@H](O[C@@H]1O[C@H](CO[C@@H]2O[C@H](CO)[C@@H](O)[C@H](O)[C@H]2O)[C@@H](O)[C@H](O)[C@H]1O[C@@H]1O[C@H](CO)[C@@H](O)[C@H](O)[C@H]1O[C@@H]1O[C@H](CO)[C@@H](O)[C@H](O)[C@H]1O)C(C)(C)O)[C@H]1CC[C@@]2(C)[C@@H]3C(=O)C=C4[C@@H](CC[C@H](O[C@@H]5O[C@H](CO[C@@H]6O[C@H](CO)[C@@H](O)[C@H](O)[C@H]6O)[C@@H](O)[C@H](O)[C@H]5O)C4(C)C)[C@]3(C)[C@H](O)C[C@]12C. The number of hydrogen-bond acceptors (Lipinski definition) is 35. The Balaban J connectivity index is 0.861. The van der Waals surface area contributed by atoms with Crippen LogP contribution in [0.15, 0.2) is 11.6 Å². The van der Waals surface area contributed by atoms with Gasteiger partial charge >= 0.3 is 0 Å². The van der Waals surface area contributed by atoms with Crippen LogP contribution in [0.2, 0.25) is 0 Å². The molecule has 0 unspecified atom stereocenters. The molecule has 22 N–H and O–H groups in total. The molecule has 0 spiro atoms. The molecule has 0 bridgehead atoms. The maximum Gasteiger partial charge on any atom is 0.187 e. The summed E-state index contributed by atoms with van der Waals surface area (Å²) in [6.07, 6.45) is -52.9. The van der Waals surface area contributed by atoms with Crippen LogP contribution >= 0.6 is 0 Å². The lowest BCUT2D eigenvalue weighted by Crippen LogP contribution is -2.67. The topological polar surface area (TPSA) is 573 Å². The fourth-order valence-corrected chi connectivity index (χ4v) is 18.3. The Morgan fingerprint density at radius 1 is 0.475 bits per heavy atom. The quantitative estimate of drug-likeness (QED) is 0.0452. The number of carbonyl (C=O) groups is 1. The summed E-state index contributed by atoms with van der Waals surface area (Å²) < 4.78 is 71.4. The second-order valence-electron chi connectivity index (χ2n) is 31.5. The van der Waals surface area contributed by atoms with E-state index in [0.717, 1.165) is 0 Å². The van der Waals surface area contributed by atoms with Crippen molar-refractivity contribution in [3.05, 3.63) is 11.6 Å². The highest BCUT2D eigenvalue weighted by Crippen LogP contribution is 2.74. The van der Waals surface area contributed by atoms with E-state index in [1.54, 1.807) is 6.08 Å². The van der Waals surface area contributed by atoms with E-state index in [1.165, 1.54) is 13.8 Å². The number of aliphatic hydroxyl groups is 22. The fraction of sp³-hybridized carbons (Fsp3) is 0.955. The molecule has 9 fully saturated rings. The van der Waals surface area contributed by atoms with Crippen LogP contribution in [0, 0.1) is 45.3 Å². The molecular formula is C66H110O35. The van der Waals surface area contributed by atoms with Gasteiger partial charge in [0.15, 0.2) is 43.5 Å². The average molecular weight is 1460 g/mol. The molecule has 40 atom stereocenters. The molecular weight excluding hydrogens is 1350 g/mol. The standard InChI is InChI=1S/C66H110O35/c1-23(24-13-14-64(6)55-27(71)15-26-25(66(55,8)34(72)16-65(24,64)7)10-12-35(62(26,2)3)98-58-51(87)46(82)41(77)32(96-58)21-90-56-49(85)43(79)37(73)28(17-67)92-56)9-11-36(63(4,5)89)99-60-53(48(84)42(78)33(97-60)22-91-57-50(86)44(80)38(74)29(18-68)93-57)101-61-54(47(83)40(76)31(20-70)95-61)100-59-52(88)45(81)39(75)30(19-69)94-59/h15,23-25,28-61,67-70,72-89H,9-14,16-22H2,1-8H3/t23-,24-,25-,28-,29-,30-,31-,32-,33-,34-,35+,36-,37-,38-,39-,40-,41-,42-,43+,44+,45+,46+,47+,48+,49-,50-,51-,52-,53-,54-,55+,56-,57-,58+,59+,60+,61+,64+,65-,66-/m1/s1. The summed E-state index contributed by atoms with van der Waals surface area (Å²) in [5, 5.41) is 240. The van der Waals surface area contributed by atoms with Crippen molar-refractivity contribution in [3.63, 3.8) is 0 Å². The minimum absolute atomic E-state index is 0.0274. The van der Waals surface area contributed by atoms with Gasteiger partial charge in [-0.2, -0.15) is 0 Å². The monoisotopic (exact) mass is 1460 g/mol. The van der Waals surface area contributed by atoms with Crippen molar-refractivity contribution in [1.29, 1.82) is 0 Å². The number of hydrogen-bond donors (Lipinski definition) is 22. The third-order valence-corrected chi connectivity index (χ3v) is 24.7. The van der Waals surface area contributed by atoms with Crippen LogP contribution in [0.5, 0.6) is 0 Å². The Labute approximate surface area is 583 Å². The van der Waals surface area contributed by atoms with Crippen LogP contribution in [0.1, 0.15) is 100 Å². The van der Waals surface area contributed by atoms with E-state index in [4.69, 9.17) is 56.8 Å². The minimum atomic E-state index is -2.13. The molecule has 4 aliphatic carbocycles. The predicted octanol–water partition coefficient (Wildman–Crippen LogP) is -8.40. The van der Waals surface area contributed by atoms with Crippen molar-refractivity contribution in [2.45, 2.75) is 308 Å². The van der Waals surface area contributed by atoms with E-state index in [2.05, 4.69) is 13.8 Å². The van der Waals surface area contributed by atoms with E-state index in [-0.39, 0.29) is 36.4 Å². The maximum atomic E-state index is 15.3. The first-order valence-corrected chi connectivity index (χ1v) is 35.0. The maximum absolute atomic E-state index is 15.3. The van der Waals surface area contributed by atoms with Gasteiger partial charge in [0.2, 0.25) is 0 Å². The number of aliphatic hydroxyl groups excluding tert-OH is 21. The number of ether oxygens (including phenoxy) is 12. The molecule has 6 saturated heterocycles. The van der Waals surface area contributed by atoms with Gasteiger partial charge in [-0.05, 0) is 93.5 Å². The lowest BCUT2D eigenvalue weighted by atomic mass is 9.38. The highest BCUT2D eigenvalue weighted by molar-refractivity contribution is 5.95. The highest BCUT2D eigenvalue weighted by atomic mass is 16.8. The molecule has 3 saturated carbocycles. The van der Waals surface area contributed by atoms with Crippen molar-refractivity contribution >= 4 is 5.78 Å². The van der Waals surface area contributed by atoms with E-state index in [9.17, 15) is 112 Å². The van der Waals surface area contributed by atoms with Gasteiger partial charge in [-0.15, -0.1) is 0 Å². The molecule has 0 radical (unpaired) electrons. The normalized spacial score (nSPS) is 51.7. The largest absolute Gasteiger partial charge is 0.394 e. The predicted molar refractivity (Wildman–Crippen MR) is 333 cm³/mol. The van der Waals surface area contributed by atoms with Gasteiger partial charge in [0, 0.05) is 16.7 Å². The third-order valence-electron chi connectivity index (χ3n) is 24.7. The smallest absolute Gasteiger partial charge is 0.187 e. The van der Waals surface area contributed by atoms with Crippen LogP contribution < -0.4 is 0 Å². The molecule has 10 rings (SSSR count). The van der Waals surface area contributed by atoms with Crippen LogP contribution in [-0.2, 0) is 61.6 Å². The van der Waals surface area contributed by atoms with E-state index >= 15 is 4.79 Å². The first-order valence-electron chi connectivity index (χ1n) is 35.0.